The van der Waals surface area contributed by atoms with Gasteiger partial charge < -0.3 is 10.1 Å². The maximum absolute atomic E-state index is 14.7. The number of hydrogen-bond donors (Lipinski definition) is 1. The lowest BCUT2D eigenvalue weighted by atomic mass is 9.87. The Morgan fingerprint density at radius 2 is 2.00 bits per heavy atom. The van der Waals surface area contributed by atoms with Crippen molar-refractivity contribution >= 4 is 0 Å². The Kier molecular flexibility index (Phi) is 4.25. The Balaban J connectivity index is 1.89. The normalized spacial score (nSPS) is 22.4. The maximum Gasteiger partial charge on any atom is 0.130 e. The van der Waals surface area contributed by atoms with Crippen molar-refractivity contribution in [2.75, 3.05) is 13.7 Å². The summed E-state index contributed by atoms with van der Waals surface area (Å²) >= 11 is 0. The molecule has 0 bridgehead atoms. The molecular formula is C17H24FNO. The molecule has 0 amide bonds. The van der Waals surface area contributed by atoms with Gasteiger partial charge in [0.1, 0.15) is 11.6 Å². The summed E-state index contributed by atoms with van der Waals surface area (Å²) < 4.78 is 20.3. The maximum atomic E-state index is 14.7. The van der Waals surface area contributed by atoms with Gasteiger partial charge in [0, 0.05) is 11.6 Å². The number of methoxy groups -OCH3 is 1. The number of hydrogen-bond acceptors (Lipinski definition) is 2. The van der Waals surface area contributed by atoms with E-state index in [0.29, 0.717) is 6.04 Å². The standard InChI is InChI=1S/C17H24FNO/c1-20-16-11-12(10-13-6-4-5-9-19-13)17(18)15-8-3-2-7-14(15)16/h11,13,19H,2-10H2,1H3. The van der Waals surface area contributed by atoms with Gasteiger partial charge in [0.25, 0.3) is 0 Å². The highest BCUT2D eigenvalue weighted by Gasteiger charge is 2.23. The molecule has 0 spiro atoms. The number of benzene rings is 1. The zero-order valence-corrected chi connectivity index (χ0v) is 12.3. The number of rotatable bonds is 3. The van der Waals surface area contributed by atoms with Crippen LogP contribution < -0.4 is 10.1 Å². The number of fused-ring (bicyclic) bond motifs is 1. The summed E-state index contributed by atoms with van der Waals surface area (Å²) in [5, 5.41) is 3.50. The first-order valence-corrected chi connectivity index (χ1v) is 7.90. The quantitative estimate of drug-likeness (QED) is 0.914. The molecule has 1 saturated heterocycles. The van der Waals surface area contributed by atoms with Gasteiger partial charge in [-0.2, -0.15) is 0 Å². The van der Waals surface area contributed by atoms with Crippen LogP contribution in [0.5, 0.6) is 5.75 Å². The first-order valence-electron chi connectivity index (χ1n) is 7.90. The lowest BCUT2D eigenvalue weighted by Gasteiger charge is -2.26. The van der Waals surface area contributed by atoms with E-state index in [1.807, 2.05) is 6.07 Å². The Labute approximate surface area is 120 Å². The SMILES string of the molecule is COc1cc(CC2CCCCN2)c(F)c2c1CCCC2. The molecule has 1 N–H and O–H groups in total. The van der Waals surface area contributed by atoms with Gasteiger partial charge in [-0.1, -0.05) is 6.42 Å². The fraction of sp³-hybridized carbons (Fsp3) is 0.647. The van der Waals surface area contributed by atoms with Gasteiger partial charge in [0.2, 0.25) is 0 Å². The van der Waals surface area contributed by atoms with Gasteiger partial charge in [0.15, 0.2) is 0 Å². The van der Waals surface area contributed by atoms with E-state index >= 15 is 0 Å². The second kappa shape index (κ2) is 6.13. The predicted molar refractivity (Wildman–Crippen MR) is 78.9 cm³/mol. The predicted octanol–water partition coefficient (Wildman–Crippen LogP) is 3.40. The molecule has 0 saturated carbocycles. The van der Waals surface area contributed by atoms with Crippen LogP contribution in [0, 0.1) is 5.82 Å². The van der Waals surface area contributed by atoms with E-state index in [0.717, 1.165) is 67.5 Å². The molecule has 1 atom stereocenters. The molecule has 1 aromatic carbocycles. The largest absolute Gasteiger partial charge is 0.496 e. The molecule has 1 fully saturated rings. The van der Waals surface area contributed by atoms with E-state index in [9.17, 15) is 4.39 Å². The zero-order valence-electron chi connectivity index (χ0n) is 12.3. The molecule has 3 rings (SSSR count). The van der Waals surface area contributed by atoms with Crippen LogP contribution in [0.2, 0.25) is 0 Å². The second-order valence-electron chi connectivity index (χ2n) is 6.07. The van der Waals surface area contributed by atoms with E-state index in [-0.39, 0.29) is 5.82 Å². The minimum Gasteiger partial charge on any atom is -0.496 e. The van der Waals surface area contributed by atoms with E-state index in [1.54, 1.807) is 7.11 Å². The molecule has 0 radical (unpaired) electrons. The average molecular weight is 277 g/mol. The first-order chi connectivity index (χ1) is 9.79. The summed E-state index contributed by atoms with van der Waals surface area (Å²) in [7, 11) is 1.70. The minimum absolute atomic E-state index is 0.0351. The van der Waals surface area contributed by atoms with Gasteiger partial charge in [-0.15, -0.1) is 0 Å². The third-order valence-corrected chi connectivity index (χ3v) is 4.72. The van der Waals surface area contributed by atoms with E-state index in [1.165, 1.54) is 12.8 Å². The molecule has 110 valence electrons. The van der Waals surface area contributed by atoms with Gasteiger partial charge in [-0.05, 0) is 68.7 Å². The van der Waals surface area contributed by atoms with E-state index in [4.69, 9.17) is 4.74 Å². The minimum atomic E-state index is 0.0351. The summed E-state index contributed by atoms with van der Waals surface area (Å²) in [5.74, 6) is 0.930. The smallest absolute Gasteiger partial charge is 0.130 e. The molecule has 0 aromatic heterocycles. The Bertz CT molecular complexity index is 480. The molecule has 1 aliphatic heterocycles. The van der Waals surface area contributed by atoms with Crippen molar-refractivity contribution < 1.29 is 9.13 Å². The van der Waals surface area contributed by atoms with Crippen molar-refractivity contribution in [2.45, 2.75) is 57.4 Å². The molecule has 1 aliphatic carbocycles. The van der Waals surface area contributed by atoms with Crippen LogP contribution in [0.3, 0.4) is 0 Å². The van der Waals surface area contributed by atoms with Crippen LogP contribution in [-0.4, -0.2) is 19.7 Å². The van der Waals surface area contributed by atoms with Crippen molar-refractivity contribution in [3.05, 3.63) is 28.6 Å². The number of ether oxygens (including phenoxy) is 1. The van der Waals surface area contributed by atoms with Gasteiger partial charge >= 0.3 is 0 Å². The third kappa shape index (κ3) is 2.69. The van der Waals surface area contributed by atoms with E-state index < -0.39 is 0 Å². The van der Waals surface area contributed by atoms with Gasteiger partial charge in [-0.25, -0.2) is 4.39 Å². The summed E-state index contributed by atoms with van der Waals surface area (Å²) in [5.41, 5.74) is 2.86. The molecule has 2 nitrogen and oxygen atoms in total. The van der Waals surface area contributed by atoms with Crippen LogP contribution in [0.15, 0.2) is 6.07 Å². The van der Waals surface area contributed by atoms with Crippen LogP contribution in [0.1, 0.15) is 48.8 Å². The summed E-state index contributed by atoms with van der Waals surface area (Å²) in [6.45, 7) is 1.06. The van der Waals surface area contributed by atoms with Crippen molar-refractivity contribution in [3.8, 4) is 5.75 Å². The number of halogens is 1. The lowest BCUT2D eigenvalue weighted by molar-refractivity contribution is 0.386. The van der Waals surface area contributed by atoms with E-state index in [2.05, 4.69) is 5.32 Å². The summed E-state index contributed by atoms with van der Waals surface area (Å²) in [6.07, 6.45) is 8.49. The van der Waals surface area contributed by atoms with Crippen molar-refractivity contribution in [3.63, 3.8) is 0 Å². The molecule has 2 aliphatic rings. The van der Waals surface area contributed by atoms with Crippen LogP contribution in [-0.2, 0) is 19.3 Å². The van der Waals surface area contributed by atoms with Crippen LogP contribution in [0.25, 0.3) is 0 Å². The molecule has 3 heteroatoms. The van der Waals surface area contributed by atoms with Crippen molar-refractivity contribution in [1.82, 2.24) is 5.32 Å². The number of nitrogens with one attached hydrogen (secondary N) is 1. The average Bonchev–Trinajstić information content (AvgIpc) is 2.51. The molecule has 1 aromatic rings. The van der Waals surface area contributed by atoms with Crippen LogP contribution in [0.4, 0.5) is 4.39 Å². The topological polar surface area (TPSA) is 21.3 Å². The highest BCUT2D eigenvalue weighted by Crippen LogP contribution is 2.34. The van der Waals surface area contributed by atoms with Crippen LogP contribution >= 0.6 is 0 Å². The van der Waals surface area contributed by atoms with Crippen molar-refractivity contribution in [1.29, 1.82) is 0 Å². The molecule has 1 heterocycles. The zero-order chi connectivity index (χ0) is 13.9. The van der Waals surface area contributed by atoms with Crippen molar-refractivity contribution in [2.24, 2.45) is 0 Å². The Hall–Kier alpha value is -1.09. The van der Waals surface area contributed by atoms with Gasteiger partial charge in [0.05, 0.1) is 7.11 Å². The van der Waals surface area contributed by atoms with Gasteiger partial charge in [-0.3, -0.25) is 0 Å². The highest BCUT2D eigenvalue weighted by atomic mass is 19.1. The summed E-state index contributed by atoms with van der Waals surface area (Å²) in [6, 6.07) is 2.36. The monoisotopic (exact) mass is 277 g/mol. The second-order valence-corrected chi connectivity index (χ2v) is 6.07. The fourth-order valence-electron chi connectivity index (χ4n) is 3.62. The molecule has 20 heavy (non-hydrogen) atoms. The third-order valence-electron chi connectivity index (χ3n) is 4.72. The lowest BCUT2D eigenvalue weighted by Crippen LogP contribution is -2.35. The molecule has 1 unspecified atom stereocenters. The Morgan fingerprint density at radius 1 is 1.20 bits per heavy atom. The fourth-order valence-corrected chi connectivity index (χ4v) is 3.62. The highest BCUT2D eigenvalue weighted by molar-refractivity contribution is 5.46. The Morgan fingerprint density at radius 3 is 2.70 bits per heavy atom. The summed E-state index contributed by atoms with van der Waals surface area (Å²) in [4.78, 5) is 0. The molecular weight excluding hydrogens is 253 g/mol. The number of piperidine rings is 1. The first kappa shape index (κ1) is 13.9.